The van der Waals surface area contributed by atoms with E-state index >= 15 is 0 Å². The van der Waals surface area contributed by atoms with E-state index in [1.54, 1.807) is 18.3 Å². The van der Waals surface area contributed by atoms with Crippen LogP contribution in [0.5, 0.6) is 0 Å². The van der Waals surface area contributed by atoms with Gasteiger partial charge in [-0.1, -0.05) is 0 Å². The molecule has 0 unspecified atom stereocenters. The Morgan fingerprint density at radius 3 is 3.06 bits per heavy atom. The molecule has 0 amide bonds. The molecule has 18 heavy (non-hydrogen) atoms. The van der Waals surface area contributed by atoms with Crippen LogP contribution in [0.15, 0.2) is 23.1 Å². The van der Waals surface area contributed by atoms with Crippen molar-refractivity contribution in [3.63, 3.8) is 0 Å². The number of aromatic nitrogens is 3. The first-order valence-corrected chi connectivity index (χ1v) is 6.19. The van der Waals surface area contributed by atoms with E-state index in [1.807, 2.05) is 4.40 Å². The highest BCUT2D eigenvalue weighted by atomic mass is 16.5. The first kappa shape index (κ1) is 11.4. The van der Waals surface area contributed by atoms with E-state index in [1.165, 1.54) is 0 Å². The summed E-state index contributed by atoms with van der Waals surface area (Å²) in [6.07, 6.45) is 2.64. The largest absolute Gasteiger partial charge is 0.379 e. The molecule has 0 aromatic carbocycles. The summed E-state index contributed by atoms with van der Waals surface area (Å²) in [6.45, 7) is 4.56. The monoisotopic (exact) mass is 248 g/mol. The Bertz CT molecular complexity index is 583. The smallest absolute Gasteiger partial charge is 0.183 e. The number of aromatic amines is 1. The minimum Gasteiger partial charge on any atom is -0.379 e. The van der Waals surface area contributed by atoms with E-state index in [0.29, 0.717) is 0 Å². The van der Waals surface area contributed by atoms with Crippen LogP contribution in [0.1, 0.15) is 5.82 Å². The molecule has 6 heteroatoms. The van der Waals surface area contributed by atoms with Crippen molar-refractivity contribution in [2.24, 2.45) is 0 Å². The van der Waals surface area contributed by atoms with Crippen molar-refractivity contribution in [2.45, 2.75) is 6.42 Å². The molecular formula is C12H16N4O2. The maximum atomic E-state index is 11.2. The Morgan fingerprint density at radius 1 is 1.39 bits per heavy atom. The Balaban J connectivity index is 1.72. The SMILES string of the molecule is O=c1ccn2c(CCN3CCOCC3)n[nH]c2c1. The summed E-state index contributed by atoms with van der Waals surface area (Å²) in [5.74, 6) is 0.955. The fraction of sp³-hybridized carbons (Fsp3) is 0.500. The fourth-order valence-corrected chi connectivity index (χ4v) is 2.23. The van der Waals surface area contributed by atoms with Crippen LogP contribution in [0.4, 0.5) is 0 Å². The zero-order valence-electron chi connectivity index (χ0n) is 10.1. The Labute approximate surface area is 104 Å². The maximum absolute atomic E-state index is 11.2. The van der Waals surface area contributed by atoms with Crippen molar-refractivity contribution >= 4 is 5.65 Å². The molecule has 0 radical (unpaired) electrons. The molecule has 2 aromatic heterocycles. The predicted octanol–water partition coefficient (Wildman–Crippen LogP) is -0.103. The average Bonchev–Trinajstić information content (AvgIpc) is 2.80. The van der Waals surface area contributed by atoms with E-state index in [2.05, 4.69) is 15.1 Å². The molecule has 1 N–H and O–H groups in total. The van der Waals surface area contributed by atoms with Gasteiger partial charge in [-0.15, -0.1) is 0 Å². The minimum absolute atomic E-state index is 0.00150. The van der Waals surface area contributed by atoms with Crippen LogP contribution < -0.4 is 5.43 Å². The molecule has 6 nitrogen and oxygen atoms in total. The molecule has 1 aliphatic rings. The molecule has 0 atom stereocenters. The standard InChI is InChI=1S/C12H16N4O2/c17-10-1-4-16-11(13-14-12(16)9-10)2-3-15-5-7-18-8-6-15/h1,4,9,14H,2-3,5-8H2. The molecule has 96 valence electrons. The number of hydrogen-bond donors (Lipinski definition) is 1. The molecule has 3 rings (SSSR count). The zero-order chi connectivity index (χ0) is 12.4. The second kappa shape index (κ2) is 4.91. The van der Waals surface area contributed by atoms with Crippen molar-refractivity contribution < 1.29 is 4.74 Å². The van der Waals surface area contributed by atoms with E-state index in [-0.39, 0.29) is 5.43 Å². The maximum Gasteiger partial charge on any atom is 0.183 e. The van der Waals surface area contributed by atoms with Crippen molar-refractivity contribution in [3.05, 3.63) is 34.4 Å². The molecule has 0 bridgehead atoms. The van der Waals surface area contributed by atoms with Crippen LogP contribution in [-0.4, -0.2) is 52.3 Å². The van der Waals surface area contributed by atoms with Gasteiger partial charge in [-0.05, 0) is 0 Å². The van der Waals surface area contributed by atoms with Crippen LogP contribution in [0.3, 0.4) is 0 Å². The highest BCUT2D eigenvalue weighted by molar-refractivity contribution is 5.37. The summed E-state index contributed by atoms with van der Waals surface area (Å²) in [7, 11) is 0. The number of ether oxygens (including phenoxy) is 1. The van der Waals surface area contributed by atoms with Gasteiger partial charge in [0.2, 0.25) is 0 Å². The number of fused-ring (bicyclic) bond motifs is 1. The number of H-pyrrole nitrogens is 1. The Hall–Kier alpha value is -1.66. The van der Waals surface area contributed by atoms with Gasteiger partial charge in [0.25, 0.3) is 0 Å². The van der Waals surface area contributed by atoms with Gasteiger partial charge in [0, 0.05) is 44.4 Å². The second-order valence-electron chi connectivity index (χ2n) is 4.46. The topological polar surface area (TPSA) is 62.6 Å². The summed E-state index contributed by atoms with van der Waals surface area (Å²) in [6, 6.07) is 3.12. The van der Waals surface area contributed by atoms with Crippen molar-refractivity contribution in [2.75, 3.05) is 32.8 Å². The summed E-state index contributed by atoms with van der Waals surface area (Å²) in [5, 5.41) is 7.15. The van der Waals surface area contributed by atoms with Gasteiger partial charge in [0.05, 0.1) is 13.2 Å². The van der Waals surface area contributed by atoms with E-state index < -0.39 is 0 Å². The van der Waals surface area contributed by atoms with Crippen molar-refractivity contribution in [1.82, 2.24) is 19.5 Å². The normalized spacial score (nSPS) is 17.3. The summed E-state index contributed by atoms with van der Waals surface area (Å²) in [5.41, 5.74) is 0.748. The van der Waals surface area contributed by atoms with Crippen molar-refractivity contribution in [1.29, 1.82) is 0 Å². The fourth-order valence-electron chi connectivity index (χ4n) is 2.23. The third-order valence-electron chi connectivity index (χ3n) is 3.26. The first-order chi connectivity index (χ1) is 8.83. The first-order valence-electron chi connectivity index (χ1n) is 6.19. The molecule has 0 aliphatic carbocycles. The van der Waals surface area contributed by atoms with Crippen LogP contribution in [0, 0.1) is 0 Å². The van der Waals surface area contributed by atoms with Gasteiger partial charge >= 0.3 is 0 Å². The van der Waals surface area contributed by atoms with Crippen LogP contribution in [0.25, 0.3) is 5.65 Å². The van der Waals surface area contributed by atoms with Gasteiger partial charge in [-0.3, -0.25) is 19.2 Å². The van der Waals surface area contributed by atoms with Gasteiger partial charge in [0.15, 0.2) is 5.43 Å². The minimum atomic E-state index is -0.00150. The highest BCUT2D eigenvalue weighted by Crippen LogP contribution is 2.04. The van der Waals surface area contributed by atoms with E-state index in [0.717, 1.165) is 50.7 Å². The number of pyridine rings is 1. The lowest BCUT2D eigenvalue weighted by atomic mass is 10.3. The molecule has 0 spiro atoms. The molecule has 1 aliphatic heterocycles. The average molecular weight is 248 g/mol. The lowest BCUT2D eigenvalue weighted by Crippen LogP contribution is -2.37. The molecule has 3 heterocycles. The molecule has 0 saturated carbocycles. The summed E-state index contributed by atoms with van der Waals surface area (Å²) >= 11 is 0. The highest BCUT2D eigenvalue weighted by Gasteiger charge is 2.11. The number of nitrogens with one attached hydrogen (secondary N) is 1. The van der Waals surface area contributed by atoms with Crippen LogP contribution in [0.2, 0.25) is 0 Å². The van der Waals surface area contributed by atoms with Crippen LogP contribution >= 0.6 is 0 Å². The van der Waals surface area contributed by atoms with Gasteiger partial charge in [0.1, 0.15) is 11.5 Å². The Kier molecular flexibility index (Phi) is 3.12. The number of nitrogens with zero attached hydrogens (tertiary/aromatic N) is 3. The third kappa shape index (κ3) is 2.30. The van der Waals surface area contributed by atoms with Crippen LogP contribution in [-0.2, 0) is 11.2 Å². The van der Waals surface area contributed by atoms with Gasteiger partial charge in [-0.2, -0.15) is 5.10 Å². The van der Waals surface area contributed by atoms with Gasteiger partial charge < -0.3 is 4.74 Å². The lowest BCUT2D eigenvalue weighted by molar-refractivity contribution is 0.0382. The lowest BCUT2D eigenvalue weighted by Gasteiger charge is -2.26. The number of hydrogen-bond acceptors (Lipinski definition) is 4. The molecule has 2 aromatic rings. The number of rotatable bonds is 3. The van der Waals surface area contributed by atoms with E-state index in [9.17, 15) is 4.79 Å². The zero-order valence-corrected chi connectivity index (χ0v) is 10.1. The summed E-state index contributed by atoms with van der Waals surface area (Å²) in [4.78, 5) is 13.6. The Morgan fingerprint density at radius 2 is 2.22 bits per heavy atom. The predicted molar refractivity (Wildman–Crippen MR) is 66.8 cm³/mol. The quantitative estimate of drug-likeness (QED) is 0.823. The van der Waals surface area contributed by atoms with Crippen molar-refractivity contribution in [3.8, 4) is 0 Å². The summed E-state index contributed by atoms with van der Waals surface area (Å²) < 4.78 is 7.25. The van der Waals surface area contributed by atoms with Gasteiger partial charge in [-0.25, -0.2) is 0 Å². The number of morpholine rings is 1. The molecular weight excluding hydrogens is 232 g/mol. The molecule has 1 saturated heterocycles. The third-order valence-corrected chi connectivity index (χ3v) is 3.26. The van der Waals surface area contributed by atoms with E-state index in [4.69, 9.17) is 4.74 Å². The second-order valence-corrected chi connectivity index (χ2v) is 4.46. The molecule has 1 fully saturated rings.